The minimum Gasteiger partial charge on any atom is -0.395 e. The van der Waals surface area contributed by atoms with E-state index in [0.717, 1.165) is 51.9 Å². The molecule has 5 nitrogen and oxygen atoms in total. The van der Waals surface area contributed by atoms with E-state index in [0.29, 0.717) is 6.54 Å². The van der Waals surface area contributed by atoms with Gasteiger partial charge in [0.15, 0.2) is 0 Å². The Hall–Kier alpha value is -1.59. The lowest BCUT2D eigenvalue weighted by Gasteiger charge is -2.40. The summed E-state index contributed by atoms with van der Waals surface area (Å²) in [6, 6.07) is 8.55. The van der Waals surface area contributed by atoms with Gasteiger partial charge in [-0.2, -0.15) is 0 Å². The van der Waals surface area contributed by atoms with Crippen molar-refractivity contribution in [2.75, 3.05) is 44.3 Å². The summed E-state index contributed by atoms with van der Waals surface area (Å²) >= 11 is 0. The maximum atomic E-state index is 12.6. The van der Waals surface area contributed by atoms with E-state index < -0.39 is 0 Å². The van der Waals surface area contributed by atoms with E-state index in [2.05, 4.69) is 29.2 Å². The number of nitrogens with zero attached hydrogens (tertiary/aromatic N) is 2. The van der Waals surface area contributed by atoms with Crippen LogP contribution in [0.2, 0.25) is 0 Å². The fourth-order valence-electron chi connectivity index (χ4n) is 4.61. The Morgan fingerprint density at radius 1 is 1.29 bits per heavy atom. The number of aliphatic hydroxyl groups excluding tert-OH is 1. The second-order valence-corrected chi connectivity index (χ2v) is 7.27. The molecule has 1 aromatic carbocycles. The second kappa shape index (κ2) is 6.37. The Labute approximate surface area is 143 Å². The first-order valence-electron chi connectivity index (χ1n) is 9.09. The van der Waals surface area contributed by atoms with Crippen LogP contribution < -0.4 is 4.90 Å². The van der Waals surface area contributed by atoms with Crippen molar-refractivity contribution in [3.63, 3.8) is 0 Å². The number of amides is 1. The lowest BCUT2D eigenvalue weighted by Crippen LogP contribution is -2.49. The average molecular weight is 330 g/mol. The monoisotopic (exact) mass is 330 g/mol. The highest BCUT2D eigenvalue weighted by molar-refractivity contribution is 5.81. The number of rotatable bonds is 3. The van der Waals surface area contributed by atoms with Crippen LogP contribution in [0, 0.1) is 0 Å². The number of anilines is 1. The molecular weight excluding hydrogens is 304 g/mol. The van der Waals surface area contributed by atoms with Gasteiger partial charge in [-0.05, 0) is 37.3 Å². The van der Waals surface area contributed by atoms with Crippen LogP contribution in [0.5, 0.6) is 0 Å². The van der Waals surface area contributed by atoms with Gasteiger partial charge < -0.3 is 19.6 Å². The first-order chi connectivity index (χ1) is 11.7. The summed E-state index contributed by atoms with van der Waals surface area (Å²) in [5, 5.41) is 9.37. The Kier molecular flexibility index (Phi) is 4.22. The molecule has 0 aliphatic carbocycles. The van der Waals surface area contributed by atoms with E-state index >= 15 is 0 Å². The number of carbonyl (C=O) groups is 1. The van der Waals surface area contributed by atoms with Crippen molar-refractivity contribution in [2.45, 2.75) is 37.2 Å². The van der Waals surface area contributed by atoms with Crippen LogP contribution in [-0.4, -0.2) is 61.4 Å². The number of piperidine rings is 1. The molecule has 1 spiro atoms. The van der Waals surface area contributed by atoms with Crippen LogP contribution in [0.25, 0.3) is 0 Å². The fraction of sp³-hybridized carbons (Fsp3) is 0.632. The van der Waals surface area contributed by atoms with Crippen LogP contribution in [0.15, 0.2) is 24.3 Å². The van der Waals surface area contributed by atoms with Crippen molar-refractivity contribution in [3.05, 3.63) is 29.8 Å². The first-order valence-corrected chi connectivity index (χ1v) is 9.09. The number of para-hydroxylation sites is 1. The molecule has 24 heavy (non-hydrogen) atoms. The third-order valence-electron chi connectivity index (χ3n) is 5.92. The predicted octanol–water partition coefficient (Wildman–Crippen LogP) is 1.54. The van der Waals surface area contributed by atoms with Crippen LogP contribution in [0.1, 0.15) is 31.2 Å². The van der Waals surface area contributed by atoms with Gasteiger partial charge in [-0.1, -0.05) is 18.2 Å². The van der Waals surface area contributed by atoms with Crippen molar-refractivity contribution in [1.29, 1.82) is 0 Å². The summed E-state index contributed by atoms with van der Waals surface area (Å²) in [5.74, 6) is 0.181. The molecule has 4 rings (SSSR count). The quantitative estimate of drug-likeness (QED) is 0.913. The molecule has 1 aromatic rings. The SMILES string of the molecule is O=C([C@H]1CCCO1)N1CCC2(CC1)CN(CCO)c1ccccc12. The van der Waals surface area contributed by atoms with Crippen molar-refractivity contribution in [2.24, 2.45) is 0 Å². The van der Waals surface area contributed by atoms with Gasteiger partial charge in [-0.15, -0.1) is 0 Å². The number of hydrogen-bond donors (Lipinski definition) is 1. The third-order valence-corrected chi connectivity index (χ3v) is 5.92. The molecule has 130 valence electrons. The van der Waals surface area contributed by atoms with E-state index in [1.54, 1.807) is 0 Å². The highest BCUT2D eigenvalue weighted by Gasteiger charge is 2.45. The maximum absolute atomic E-state index is 12.6. The van der Waals surface area contributed by atoms with E-state index in [1.165, 1.54) is 11.3 Å². The second-order valence-electron chi connectivity index (χ2n) is 7.27. The van der Waals surface area contributed by atoms with Crippen molar-refractivity contribution >= 4 is 11.6 Å². The first kappa shape index (κ1) is 15.9. The third kappa shape index (κ3) is 2.60. The molecule has 1 atom stereocenters. The number of β-amino-alcohol motifs (C(OH)–C–C–N with tert-alkyl or cyclic N) is 1. The highest BCUT2D eigenvalue weighted by Crippen LogP contribution is 2.46. The molecule has 1 N–H and O–H groups in total. The van der Waals surface area contributed by atoms with Gasteiger partial charge in [0.25, 0.3) is 5.91 Å². The van der Waals surface area contributed by atoms with E-state index in [1.807, 2.05) is 4.90 Å². The minimum atomic E-state index is -0.208. The molecule has 0 radical (unpaired) electrons. The van der Waals surface area contributed by atoms with Gasteiger partial charge in [-0.3, -0.25) is 4.79 Å². The number of fused-ring (bicyclic) bond motifs is 2. The van der Waals surface area contributed by atoms with Gasteiger partial charge in [0.2, 0.25) is 0 Å². The van der Waals surface area contributed by atoms with E-state index in [-0.39, 0.29) is 24.0 Å². The van der Waals surface area contributed by atoms with Gasteiger partial charge in [0.1, 0.15) is 6.10 Å². The highest BCUT2D eigenvalue weighted by atomic mass is 16.5. The van der Waals surface area contributed by atoms with Crippen molar-refractivity contribution < 1.29 is 14.6 Å². The Morgan fingerprint density at radius 3 is 2.79 bits per heavy atom. The molecule has 2 saturated heterocycles. The molecule has 1 amide bonds. The normalized spacial score (nSPS) is 25.3. The number of benzene rings is 1. The van der Waals surface area contributed by atoms with Crippen LogP contribution in [0.4, 0.5) is 5.69 Å². The summed E-state index contributed by atoms with van der Waals surface area (Å²) in [6.45, 7) is 4.14. The number of aliphatic hydroxyl groups is 1. The molecule has 3 aliphatic heterocycles. The molecule has 0 bridgehead atoms. The fourth-order valence-corrected chi connectivity index (χ4v) is 4.61. The van der Waals surface area contributed by atoms with Crippen LogP contribution in [-0.2, 0) is 14.9 Å². The number of carbonyl (C=O) groups excluding carboxylic acids is 1. The maximum Gasteiger partial charge on any atom is 0.251 e. The average Bonchev–Trinajstić information content (AvgIpc) is 3.24. The number of hydrogen-bond acceptors (Lipinski definition) is 4. The van der Waals surface area contributed by atoms with Gasteiger partial charge >= 0.3 is 0 Å². The molecule has 2 fully saturated rings. The van der Waals surface area contributed by atoms with Crippen molar-refractivity contribution in [1.82, 2.24) is 4.90 Å². The topological polar surface area (TPSA) is 53.0 Å². The minimum absolute atomic E-state index is 0.124. The van der Waals surface area contributed by atoms with Crippen LogP contribution in [0.3, 0.4) is 0 Å². The van der Waals surface area contributed by atoms with Crippen LogP contribution >= 0.6 is 0 Å². The summed E-state index contributed by atoms with van der Waals surface area (Å²) in [6.07, 6.45) is 3.64. The van der Waals surface area contributed by atoms with E-state index in [4.69, 9.17) is 4.74 Å². The summed E-state index contributed by atoms with van der Waals surface area (Å²) in [4.78, 5) is 16.9. The number of likely N-dealkylation sites (tertiary alicyclic amines) is 1. The van der Waals surface area contributed by atoms with Crippen molar-refractivity contribution in [3.8, 4) is 0 Å². The standard InChI is InChI=1S/C19H26N2O3/c22-12-11-21-14-19(15-4-1-2-5-16(15)21)7-9-20(10-8-19)18(23)17-6-3-13-24-17/h1-2,4-5,17,22H,3,6-14H2/t17-/m1/s1. The lowest BCUT2D eigenvalue weighted by molar-refractivity contribution is -0.142. The number of ether oxygens (including phenoxy) is 1. The summed E-state index contributed by atoms with van der Waals surface area (Å²) < 4.78 is 5.56. The molecule has 0 aromatic heterocycles. The van der Waals surface area contributed by atoms with Gasteiger partial charge in [-0.25, -0.2) is 0 Å². The Balaban J connectivity index is 1.49. The predicted molar refractivity (Wildman–Crippen MR) is 92.2 cm³/mol. The molecule has 0 unspecified atom stereocenters. The molecule has 3 aliphatic rings. The largest absolute Gasteiger partial charge is 0.395 e. The Bertz CT molecular complexity index is 604. The molecule has 3 heterocycles. The Morgan fingerprint density at radius 2 is 2.08 bits per heavy atom. The van der Waals surface area contributed by atoms with Gasteiger partial charge in [0, 0.05) is 43.9 Å². The van der Waals surface area contributed by atoms with Gasteiger partial charge in [0.05, 0.1) is 6.61 Å². The molecule has 0 saturated carbocycles. The zero-order chi connectivity index (χ0) is 16.6. The summed E-state index contributed by atoms with van der Waals surface area (Å²) in [5.41, 5.74) is 2.77. The molecule has 5 heteroatoms. The van der Waals surface area contributed by atoms with E-state index in [9.17, 15) is 9.90 Å². The zero-order valence-electron chi connectivity index (χ0n) is 14.1. The zero-order valence-corrected chi connectivity index (χ0v) is 14.1. The summed E-state index contributed by atoms with van der Waals surface area (Å²) in [7, 11) is 0. The smallest absolute Gasteiger partial charge is 0.251 e. The lowest BCUT2D eigenvalue weighted by atomic mass is 9.74. The molecular formula is C19H26N2O3.